The topological polar surface area (TPSA) is 66.5 Å². The van der Waals surface area contributed by atoms with Crippen molar-refractivity contribution in [1.82, 2.24) is 9.62 Å². The second-order valence-electron chi connectivity index (χ2n) is 7.19. The third-order valence-corrected chi connectivity index (χ3v) is 7.34. The van der Waals surface area contributed by atoms with E-state index in [4.69, 9.17) is 11.6 Å². The molecular weight excluding hydrogens is 415 g/mol. The molecule has 8 heteroatoms. The lowest BCUT2D eigenvalue weighted by molar-refractivity contribution is -0.126. The van der Waals surface area contributed by atoms with Crippen molar-refractivity contribution in [3.8, 4) is 0 Å². The molecule has 0 aliphatic carbocycles. The molecule has 0 radical (unpaired) electrons. The Hall–Kier alpha value is -1.96. The fourth-order valence-corrected chi connectivity index (χ4v) is 5.30. The Morgan fingerprint density at radius 2 is 1.76 bits per heavy atom. The number of nitrogens with zero attached hydrogens (tertiary/aromatic N) is 1. The summed E-state index contributed by atoms with van der Waals surface area (Å²) in [5.41, 5.74) is 1.53. The molecule has 0 atom stereocenters. The molecule has 1 saturated heterocycles. The van der Waals surface area contributed by atoms with Crippen molar-refractivity contribution in [2.24, 2.45) is 5.92 Å². The lowest BCUT2D eigenvalue weighted by Crippen LogP contribution is -2.43. The van der Waals surface area contributed by atoms with E-state index >= 15 is 0 Å². The zero-order valence-electron chi connectivity index (χ0n) is 16.0. The zero-order chi connectivity index (χ0) is 20.9. The Kier molecular flexibility index (Phi) is 7.27. The predicted molar refractivity (Wildman–Crippen MR) is 111 cm³/mol. The molecule has 0 spiro atoms. The third kappa shape index (κ3) is 6.01. The van der Waals surface area contributed by atoms with E-state index in [1.54, 1.807) is 36.4 Å². The van der Waals surface area contributed by atoms with E-state index in [9.17, 15) is 17.6 Å². The SMILES string of the molecule is O=C(NCCc1ccc(F)cc1)C1CCN(S(=O)(=O)Cc2ccccc2Cl)CC1. The molecular formula is C21H24ClFN2O3S. The van der Waals surface area contributed by atoms with Crippen LogP contribution in [-0.2, 0) is 27.0 Å². The van der Waals surface area contributed by atoms with Crippen molar-refractivity contribution in [1.29, 1.82) is 0 Å². The number of hydrogen-bond donors (Lipinski definition) is 1. The summed E-state index contributed by atoms with van der Waals surface area (Å²) >= 11 is 6.08. The lowest BCUT2D eigenvalue weighted by Gasteiger charge is -2.30. The standard InChI is InChI=1S/C21H24ClFN2O3S/c22-20-4-2-1-3-18(20)15-29(27,28)25-13-10-17(11-14-25)21(26)24-12-9-16-5-7-19(23)8-6-16/h1-8,17H,9-15H2,(H,24,26). The maximum atomic E-state index is 12.9. The highest BCUT2D eigenvalue weighted by Gasteiger charge is 2.31. The number of hydrogen-bond acceptors (Lipinski definition) is 3. The first-order valence-corrected chi connectivity index (χ1v) is 11.6. The number of piperidine rings is 1. The predicted octanol–water partition coefficient (Wildman–Crippen LogP) is 3.38. The first-order chi connectivity index (χ1) is 13.8. The summed E-state index contributed by atoms with van der Waals surface area (Å²) in [5, 5.41) is 3.33. The first kappa shape index (κ1) is 21.7. The number of halogens is 2. The van der Waals surface area contributed by atoms with Crippen LogP contribution < -0.4 is 5.32 Å². The summed E-state index contributed by atoms with van der Waals surface area (Å²) in [7, 11) is -3.48. The summed E-state index contributed by atoms with van der Waals surface area (Å²) in [6, 6.07) is 13.1. The summed E-state index contributed by atoms with van der Waals surface area (Å²) < 4.78 is 39.7. The van der Waals surface area contributed by atoms with E-state index in [0.29, 0.717) is 49.5 Å². The number of carbonyl (C=O) groups excluding carboxylic acids is 1. The highest BCUT2D eigenvalue weighted by atomic mass is 35.5. The molecule has 2 aromatic rings. The average molecular weight is 439 g/mol. The Labute approximate surface area is 175 Å². The molecule has 1 fully saturated rings. The Morgan fingerprint density at radius 1 is 1.10 bits per heavy atom. The number of carbonyl (C=O) groups is 1. The van der Waals surface area contributed by atoms with Gasteiger partial charge in [-0.15, -0.1) is 0 Å². The van der Waals surface area contributed by atoms with E-state index in [0.717, 1.165) is 5.56 Å². The van der Waals surface area contributed by atoms with Crippen LogP contribution in [0.4, 0.5) is 4.39 Å². The second kappa shape index (κ2) is 9.69. The molecule has 1 aliphatic heterocycles. The molecule has 0 unspecified atom stereocenters. The van der Waals surface area contributed by atoms with E-state index in [1.165, 1.54) is 16.4 Å². The molecule has 3 rings (SSSR count). The van der Waals surface area contributed by atoms with Crippen LogP contribution in [-0.4, -0.2) is 38.3 Å². The number of rotatable bonds is 7. The minimum absolute atomic E-state index is 0.0599. The molecule has 29 heavy (non-hydrogen) atoms. The van der Waals surface area contributed by atoms with Gasteiger partial charge < -0.3 is 5.32 Å². The average Bonchev–Trinajstić information content (AvgIpc) is 2.71. The summed E-state index contributed by atoms with van der Waals surface area (Å²) in [6.45, 7) is 1.11. The molecule has 1 N–H and O–H groups in total. The van der Waals surface area contributed by atoms with Crippen LogP contribution in [0.15, 0.2) is 48.5 Å². The van der Waals surface area contributed by atoms with Gasteiger partial charge in [-0.2, -0.15) is 0 Å². The molecule has 1 heterocycles. The molecule has 0 saturated carbocycles. The summed E-state index contributed by atoms with van der Waals surface area (Å²) in [4.78, 5) is 12.4. The van der Waals surface area contributed by atoms with Gasteiger partial charge in [0, 0.05) is 30.6 Å². The van der Waals surface area contributed by atoms with Gasteiger partial charge >= 0.3 is 0 Å². The Bertz CT molecular complexity index is 943. The van der Waals surface area contributed by atoms with Gasteiger partial charge in [-0.25, -0.2) is 17.1 Å². The van der Waals surface area contributed by atoms with Gasteiger partial charge in [-0.3, -0.25) is 4.79 Å². The van der Waals surface area contributed by atoms with Crippen molar-refractivity contribution >= 4 is 27.5 Å². The van der Waals surface area contributed by atoms with Crippen molar-refractivity contribution in [2.75, 3.05) is 19.6 Å². The van der Waals surface area contributed by atoms with Gasteiger partial charge in [-0.1, -0.05) is 41.9 Å². The first-order valence-electron chi connectivity index (χ1n) is 9.58. The number of sulfonamides is 1. The molecule has 0 bridgehead atoms. The normalized spacial score (nSPS) is 15.9. The van der Waals surface area contributed by atoms with Gasteiger partial charge in [0.1, 0.15) is 5.82 Å². The van der Waals surface area contributed by atoms with Crippen LogP contribution in [0.5, 0.6) is 0 Å². The van der Waals surface area contributed by atoms with E-state index < -0.39 is 10.0 Å². The van der Waals surface area contributed by atoms with Gasteiger partial charge in [0.25, 0.3) is 0 Å². The number of amides is 1. The minimum Gasteiger partial charge on any atom is -0.356 e. The maximum Gasteiger partial charge on any atom is 0.223 e. The van der Waals surface area contributed by atoms with Crippen LogP contribution in [0, 0.1) is 11.7 Å². The van der Waals surface area contributed by atoms with Gasteiger partial charge in [0.05, 0.1) is 5.75 Å². The zero-order valence-corrected chi connectivity index (χ0v) is 17.6. The van der Waals surface area contributed by atoms with E-state index in [2.05, 4.69) is 5.32 Å². The second-order valence-corrected chi connectivity index (χ2v) is 9.56. The van der Waals surface area contributed by atoms with Gasteiger partial charge in [-0.05, 0) is 48.6 Å². The molecule has 1 amide bonds. The number of benzene rings is 2. The summed E-state index contributed by atoms with van der Waals surface area (Å²) in [6.07, 6.45) is 1.60. The van der Waals surface area contributed by atoms with Crippen LogP contribution in [0.25, 0.3) is 0 Å². The summed E-state index contributed by atoms with van der Waals surface area (Å²) in [5.74, 6) is -0.680. The monoisotopic (exact) mass is 438 g/mol. The minimum atomic E-state index is -3.48. The highest BCUT2D eigenvalue weighted by Crippen LogP contribution is 2.24. The molecule has 5 nitrogen and oxygen atoms in total. The molecule has 156 valence electrons. The van der Waals surface area contributed by atoms with E-state index in [1.807, 2.05) is 0 Å². The van der Waals surface area contributed by atoms with Crippen LogP contribution >= 0.6 is 11.6 Å². The third-order valence-electron chi connectivity index (χ3n) is 5.14. The van der Waals surface area contributed by atoms with Crippen molar-refractivity contribution < 1.29 is 17.6 Å². The van der Waals surface area contributed by atoms with Gasteiger partial charge in [0.2, 0.25) is 15.9 Å². The van der Waals surface area contributed by atoms with Crippen LogP contribution in [0.1, 0.15) is 24.0 Å². The van der Waals surface area contributed by atoms with E-state index in [-0.39, 0.29) is 23.4 Å². The molecule has 0 aromatic heterocycles. The Morgan fingerprint density at radius 3 is 2.41 bits per heavy atom. The quantitative estimate of drug-likeness (QED) is 0.720. The fraction of sp³-hybridized carbons (Fsp3) is 0.381. The lowest BCUT2D eigenvalue weighted by atomic mass is 9.97. The van der Waals surface area contributed by atoms with Crippen molar-refractivity contribution in [3.63, 3.8) is 0 Å². The van der Waals surface area contributed by atoms with Crippen molar-refractivity contribution in [2.45, 2.75) is 25.0 Å². The van der Waals surface area contributed by atoms with Crippen LogP contribution in [0.3, 0.4) is 0 Å². The number of nitrogens with one attached hydrogen (secondary N) is 1. The largest absolute Gasteiger partial charge is 0.356 e. The molecule has 1 aliphatic rings. The highest BCUT2D eigenvalue weighted by molar-refractivity contribution is 7.88. The van der Waals surface area contributed by atoms with Crippen molar-refractivity contribution in [3.05, 3.63) is 70.5 Å². The van der Waals surface area contributed by atoms with Gasteiger partial charge in [0.15, 0.2) is 0 Å². The molecule has 2 aromatic carbocycles. The fourth-order valence-electron chi connectivity index (χ4n) is 3.42. The Balaban J connectivity index is 1.46. The maximum absolute atomic E-state index is 12.9. The smallest absolute Gasteiger partial charge is 0.223 e. The van der Waals surface area contributed by atoms with Crippen LogP contribution in [0.2, 0.25) is 5.02 Å².